The lowest BCUT2D eigenvalue weighted by atomic mass is 10.1. The van der Waals surface area contributed by atoms with Crippen LogP contribution < -0.4 is 10.1 Å². The summed E-state index contributed by atoms with van der Waals surface area (Å²) in [5.41, 5.74) is 2.62. The SMILES string of the molecule is CCCCCCSC(C(=O)Nc1c(SC)cc(C)nc1SC)c1ccccc1Oc1ccccc1. The molecule has 1 heterocycles. The number of pyridine rings is 1. The molecule has 1 unspecified atom stereocenters. The summed E-state index contributed by atoms with van der Waals surface area (Å²) in [6, 6.07) is 19.6. The Kier molecular flexibility index (Phi) is 11.4. The highest BCUT2D eigenvalue weighted by molar-refractivity contribution is 8.00. The standard InChI is InChI=1S/C28H34N2O2S3/c1-5-6-7-13-18-35-26(22-16-11-12-17-23(22)32-21-14-9-8-10-15-21)27(31)30-25-24(33-3)19-20(2)29-28(25)34-4/h8-12,14-17,19,26H,5-7,13,18H2,1-4H3,(H,30,31). The predicted molar refractivity (Wildman–Crippen MR) is 153 cm³/mol. The van der Waals surface area contributed by atoms with Gasteiger partial charge in [0.1, 0.15) is 21.8 Å². The predicted octanol–water partition coefficient (Wildman–Crippen LogP) is 8.62. The number of unbranched alkanes of at least 4 members (excludes halogenated alkanes) is 3. The molecule has 35 heavy (non-hydrogen) atoms. The second-order valence-corrected chi connectivity index (χ2v) is 11.0. The van der Waals surface area contributed by atoms with Gasteiger partial charge in [-0.1, -0.05) is 62.6 Å². The largest absolute Gasteiger partial charge is 0.457 e. The Morgan fingerprint density at radius 1 is 1.00 bits per heavy atom. The second kappa shape index (κ2) is 14.5. The molecule has 0 saturated carbocycles. The number of benzene rings is 2. The molecular weight excluding hydrogens is 493 g/mol. The van der Waals surface area contributed by atoms with Gasteiger partial charge in [0.2, 0.25) is 5.91 Å². The number of carbonyl (C=O) groups excluding carboxylic acids is 1. The molecule has 1 amide bonds. The molecule has 1 atom stereocenters. The van der Waals surface area contributed by atoms with E-state index in [1.165, 1.54) is 19.3 Å². The number of nitrogens with zero attached hydrogens (tertiary/aromatic N) is 1. The maximum absolute atomic E-state index is 13.8. The first-order valence-corrected chi connectivity index (χ1v) is 15.4. The van der Waals surface area contributed by atoms with Crippen molar-refractivity contribution in [1.29, 1.82) is 0 Å². The van der Waals surface area contributed by atoms with Gasteiger partial charge in [-0.3, -0.25) is 4.79 Å². The Labute approximate surface area is 222 Å². The fourth-order valence-corrected chi connectivity index (χ4v) is 6.17. The van der Waals surface area contributed by atoms with E-state index in [1.807, 2.05) is 80.1 Å². The summed E-state index contributed by atoms with van der Waals surface area (Å²) in [4.78, 5) is 19.5. The summed E-state index contributed by atoms with van der Waals surface area (Å²) in [5.74, 6) is 2.32. The van der Waals surface area contributed by atoms with Crippen molar-refractivity contribution in [3.8, 4) is 11.5 Å². The van der Waals surface area contributed by atoms with Gasteiger partial charge >= 0.3 is 0 Å². The fourth-order valence-electron chi connectivity index (χ4n) is 3.67. The van der Waals surface area contributed by atoms with Crippen molar-refractivity contribution < 1.29 is 9.53 Å². The first-order valence-electron chi connectivity index (χ1n) is 11.9. The molecule has 0 aliphatic rings. The minimum Gasteiger partial charge on any atom is -0.457 e. The Morgan fingerprint density at radius 3 is 2.46 bits per heavy atom. The number of aromatic nitrogens is 1. The van der Waals surface area contributed by atoms with Crippen molar-refractivity contribution in [3.05, 3.63) is 71.9 Å². The summed E-state index contributed by atoms with van der Waals surface area (Å²) in [6.07, 6.45) is 8.69. The lowest BCUT2D eigenvalue weighted by molar-refractivity contribution is -0.115. The average Bonchev–Trinajstić information content (AvgIpc) is 2.88. The molecule has 0 saturated heterocycles. The lowest BCUT2D eigenvalue weighted by Crippen LogP contribution is -2.21. The van der Waals surface area contributed by atoms with Gasteiger partial charge in [-0.05, 0) is 55.9 Å². The highest BCUT2D eigenvalue weighted by Gasteiger charge is 2.26. The van der Waals surface area contributed by atoms with E-state index in [9.17, 15) is 4.79 Å². The Balaban J connectivity index is 1.92. The number of aryl methyl sites for hydroxylation is 1. The van der Waals surface area contributed by atoms with Gasteiger partial charge in [0, 0.05) is 16.2 Å². The number of thioether (sulfide) groups is 3. The van der Waals surface area contributed by atoms with E-state index >= 15 is 0 Å². The molecule has 2 aromatic carbocycles. The Bertz CT molecular complexity index is 1070. The van der Waals surface area contributed by atoms with Gasteiger partial charge in [0.25, 0.3) is 0 Å². The summed E-state index contributed by atoms with van der Waals surface area (Å²) in [7, 11) is 0. The van der Waals surface area contributed by atoms with Crippen molar-refractivity contribution in [1.82, 2.24) is 4.98 Å². The van der Waals surface area contributed by atoms with Crippen LogP contribution in [0.4, 0.5) is 5.69 Å². The number of para-hydroxylation sites is 2. The van der Waals surface area contributed by atoms with E-state index in [2.05, 4.69) is 17.2 Å². The molecule has 0 aliphatic heterocycles. The molecule has 0 bridgehead atoms. The normalized spacial score (nSPS) is 11.8. The van der Waals surface area contributed by atoms with Gasteiger partial charge in [0.05, 0.1) is 5.69 Å². The third-order valence-electron chi connectivity index (χ3n) is 5.43. The van der Waals surface area contributed by atoms with Crippen molar-refractivity contribution in [2.45, 2.75) is 54.7 Å². The van der Waals surface area contributed by atoms with Crippen molar-refractivity contribution in [2.75, 3.05) is 23.6 Å². The second-order valence-electron chi connectivity index (χ2n) is 8.10. The molecule has 4 nitrogen and oxygen atoms in total. The molecule has 3 rings (SSSR count). The molecule has 1 aromatic heterocycles. The zero-order valence-electron chi connectivity index (χ0n) is 20.9. The van der Waals surface area contributed by atoms with Gasteiger partial charge in [-0.25, -0.2) is 4.98 Å². The van der Waals surface area contributed by atoms with Crippen molar-refractivity contribution in [3.63, 3.8) is 0 Å². The van der Waals surface area contributed by atoms with Crippen LogP contribution in [0.1, 0.15) is 49.1 Å². The molecule has 0 spiro atoms. The number of carbonyl (C=O) groups is 1. The number of hydrogen-bond acceptors (Lipinski definition) is 6. The van der Waals surface area contributed by atoms with E-state index in [0.717, 1.165) is 44.8 Å². The maximum Gasteiger partial charge on any atom is 0.242 e. The van der Waals surface area contributed by atoms with E-state index in [1.54, 1.807) is 35.3 Å². The molecular formula is C28H34N2O2S3. The molecule has 0 fully saturated rings. The van der Waals surface area contributed by atoms with Crippen LogP contribution in [-0.4, -0.2) is 29.2 Å². The van der Waals surface area contributed by atoms with Gasteiger partial charge in [-0.2, -0.15) is 0 Å². The first-order chi connectivity index (χ1) is 17.1. The first kappa shape index (κ1) is 27.5. The molecule has 7 heteroatoms. The van der Waals surface area contributed by atoms with Gasteiger partial charge in [0.15, 0.2) is 0 Å². The average molecular weight is 527 g/mol. The van der Waals surface area contributed by atoms with Crippen LogP contribution >= 0.6 is 35.3 Å². The minimum absolute atomic E-state index is 0.0501. The van der Waals surface area contributed by atoms with Crippen LogP contribution in [0.25, 0.3) is 0 Å². The zero-order chi connectivity index (χ0) is 25.0. The molecule has 3 aromatic rings. The topological polar surface area (TPSA) is 51.2 Å². The van der Waals surface area contributed by atoms with E-state index < -0.39 is 5.25 Å². The number of ether oxygens (including phenoxy) is 1. The monoisotopic (exact) mass is 526 g/mol. The smallest absolute Gasteiger partial charge is 0.242 e. The van der Waals surface area contributed by atoms with Crippen molar-refractivity contribution in [2.24, 2.45) is 0 Å². The molecule has 186 valence electrons. The van der Waals surface area contributed by atoms with Crippen LogP contribution in [0.5, 0.6) is 11.5 Å². The molecule has 0 aliphatic carbocycles. The highest BCUT2D eigenvalue weighted by atomic mass is 32.2. The molecule has 1 N–H and O–H groups in total. The van der Waals surface area contributed by atoms with Gasteiger partial charge < -0.3 is 10.1 Å². The number of anilines is 1. The summed E-state index contributed by atoms with van der Waals surface area (Å²) < 4.78 is 6.23. The summed E-state index contributed by atoms with van der Waals surface area (Å²) in [5, 5.41) is 3.67. The van der Waals surface area contributed by atoms with Crippen LogP contribution in [0, 0.1) is 6.92 Å². The maximum atomic E-state index is 13.8. The number of amides is 1. The van der Waals surface area contributed by atoms with Crippen LogP contribution in [0.15, 0.2) is 70.6 Å². The Hall–Kier alpha value is -2.09. The fraction of sp³-hybridized carbons (Fsp3) is 0.357. The third-order valence-corrected chi connectivity index (χ3v) is 8.20. The Morgan fingerprint density at radius 2 is 1.74 bits per heavy atom. The number of rotatable bonds is 13. The van der Waals surface area contributed by atoms with Crippen molar-refractivity contribution >= 4 is 46.9 Å². The number of nitrogens with one attached hydrogen (secondary N) is 1. The lowest BCUT2D eigenvalue weighted by Gasteiger charge is -2.21. The number of hydrogen-bond donors (Lipinski definition) is 1. The highest BCUT2D eigenvalue weighted by Crippen LogP contribution is 2.40. The van der Waals surface area contributed by atoms with E-state index in [4.69, 9.17) is 4.74 Å². The quantitative estimate of drug-likeness (QED) is 0.178. The van der Waals surface area contributed by atoms with Crippen LogP contribution in [0.2, 0.25) is 0 Å². The molecule has 0 radical (unpaired) electrons. The summed E-state index contributed by atoms with van der Waals surface area (Å²) in [6.45, 7) is 4.19. The summed E-state index contributed by atoms with van der Waals surface area (Å²) >= 11 is 4.85. The van der Waals surface area contributed by atoms with Gasteiger partial charge in [-0.15, -0.1) is 35.3 Å². The van der Waals surface area contributed by atoms with E-state index in [0.29, 0.717) is 5.75 Å². The van der Waals surface area contributed by atoms with Crippen LogP contribution in [0.3, 0.4) is 0 Å². The minimum atomic E-state index is -0.401. The van der Waals surface area contributed by atoms with Crippen LogP contribution in [-0.2, 0) is 4.79 Å². The van der Waals surface area contributed by atoms with E-state index in [-0.39, 0.29) is 5.91 Å². The zero-order valence-corrected chi connectivity index (χ0v) is 23.3. The third kappa shape index (κ3) is 7.95.